The number of hydrogen-bond acceptors (Lipinski definition) is 5. The van der Waals surface area contributed by atoms with Gasteiger partial charge < -0.3 is 0 Å². The number of aryl methyl sites for hydroxylation is 1. The number of benzene rings is 2. The maximum absolute atomic E-state index is 12.7. The molecular weight excluding hydrogens is 423 g/mol. The fourth-order valence-corrected chi connectivity index (χ4v) is 4.69. The zero-order valence-electron chi connectivity index (χ0n) is 16.2. The van der Waals surface area contributed by atoms with Crippen LogP contribution in [0.5, 0.6) is 17.2 Å². The fourth-order valence-electron chi connectivity index (χ4n) is 2.77. The van der Waals surface area contributed by atoms with Gasteiger partial charge >= 0.3 is 170 Å². The van der Waals surface area contributed by atoms with Crippen molar-refractivity contribution in [3.8, 4) is 28.5 Å². The molecule has 1 N–H and O–H groups in total. The molecule has 0 atom stereocenters. The van der Waals surface area contributed by atoms with Crippen molar-refractivity contribution in [1.82, 2.24) is 4.98 Å². The number of amides is 1. The van der Waals surface area contributed by atoms with Gasteiger partial charge in [-0.1, -0.05) is 0 Å². The third-order valence-electron chi connectivity index (χ3n) is 4.25. The predicted octanol–water partition coefficient (Wildman–Crippen LogP) is 3.65. The Kier molecular flexibility index (Phi) is 6.39. The molecule has 1 heterocycles. The molecular formula is C21H22N2O4Se. The first kappa shape index (κ1) is 20.0. The topological polar surface area (TPSA) is 69.7 Å². The molecule has 0 spiro atoms. The molecule has 6 nitrogen and oxygen atoms in total. The molecule has 0 saturated carbocycles. The van der Waals surface area contributed by atoms with Gasteiger partial charge in [-0.3, -0.25) is 0 Å². The summed E-state index contributed by atoms with van der Waals surface area (Å²) in [5.41, 5.74) is 2.45. The van der Waals surface area contributed by atoms with Crippen molar-refractivity contribution in [2.24, 2.45) is 0 Å². The van der Waals surface area contributed by atoms with Crippen LogP contribution in [-0.2, 0) is 6.42 Å². The number of rotatable bonds is 7. The molecule has 0 bridgehead atoms. The summed E-state index contributed by atoms with van der Waals surface area (Å²) in [4.78, 5) is 17.4. The number of aromatic nitrogens is 1. The van der Waals surface area contributed by atoms with Gasteiger partial charge in [0.2, 0.25) is 0 Å². The Bertz CT molecular complexity index is 967. The first-order valence-corrected chi connectivity index (χ1v) is 10.5. The van der Waals surface area contributed by atoms with E-state index in [1.165, 1.54) is 4.44 Å². The van der Waals surface area contributed by atoms with Crippen LogP contribution in [0.2, 0.25) is 0 Å². The van der Waals surface area contributed by atoms with Crippen LogP contribution in [0, 0.1) is 0 Å². The van der Waals surface area contributed by atoms with Crippen molar-refractivity contribution >= 4 is 25.1 Å². The van der Waals surface area contributed by atoms with E-state index in [9.17, 15) is 4.79 Å². The molecule has 1 amide bonds. The third kappa shape index (κ3) is 4.21. The summed E-state index contributed by atoms with van der Waals surface area (Å²) >= 11 is -0.0176. The molecule has 0 radical (unpaired) electrons. The molecule has 0 aliphatic rings. The number of carbonyl (C=O) groups is 1. The Hall–Kier alpha value is -2.76. The summed E-state index contributed by atoms with van der Waals surface area (Å²) in [6, 6.07) is 12.9. The van der Waals surface area contributed by atoms with Gasteiger partial charge in [-0.25, -0.2) is 0 Å². The molecule has 28 heavy (non-hydrogen) atoms. The number of methoxy groups -OCH3 is 3. The maximum atomic E-state index is 12.7. The normalized spacial score (nSPS) is 10.4. The number of carbonyl (C=O) groups excluding carboxylic acids is 1. The number of nitrogens with one attached hydrogen (secondary N) is 1. The Morgan fingerprint density at radius 1 is 1.00 bits per heavy atom. The van der Waals surface area contributed by atoms with Crippen molar-refractivity contribution < 1.29 is 19.0 Å². The molecule has 0 fully saturated rings. The zero-order chi connectivity index (χ0) is 20.1. The van der Waals surface area contributed by atoms with Gasteiger partial charge in [0.05, 0.1) is 0 Å². The van der Waals surface area contributed by atoms with E-state index in [2.05, 4.69) is 12.2 Å². The molecule has 0 saturated heterocycles. The minimum atomic E-state index is -0.215. The summed E-state index contributed by atoms with van der Waals surface area (Å²) < 4.78 is 17.7. The Morgan fingerprint density at radius 2 is 1.71 bits per heavy atom. The molecule has 146 valence electrons. The second-order valence-corrected chi connectivity index (χ2v) is 8.17. The van der Waals surface area contributed by atoms with Crippen LogP contribution >= 0.6 is 0 Å². The van der Waals surface area contributed by atoms with Crippen molar-refractivity contribution in [1.29, 1.82) is 0 Å². The second-order valence-electron chi connectivity index (χ2n) is 5.90. The van der Waals surface area contributed by atoms with Gasteiger partial charge in [-0.15, -0.1) is 0 Å². The van der Waals surface area contributed by atoms with Crippen LogP contribution in [0.3, 0.4) is 0 Å². The first-order chi connectivity index (χ1) is 13.6. The van der Waals surface area contributed by atoms with E-state index >= 15 is 0 Å². The molecule has 7 heteroatoms. The Labute approximate surface area is 170 Å². The van der Waals surface area contributed by atoms with E-state index in [4.69, 9.17) is 19.2 Å². The predicted molar refractivity (Wildman–Crippen MR) is 110 cm³/mol. The van der Waals surface area contributed by atoms with E-state index < -0.39 is 0 Å². The van der Waals surface area contributed by atoms with Gasteiger partial charge in [0.15, 0.2) is 0 Å². The molecule has 3 rings (SSSR count). The summed E-state index contributed by atoms with van der Waals surface area (Å²) in [6.45, 7) is 2.11. The van der Waals surface area contributed by atoms with Crippen LogP contribution in [0.4, 0.5) is 4.69 Å². The standard InChI is InChI=1S/C21H22N2O4Se/c1-5-18-19(13-6-9-15(25-2)10-7-13)22-21(28-18)23-20(24)14-8-11-16(26-3)17(12-14)27-4/h6-12H,5H2,1-4H3,(H,22,23,24). The van der Waals surface area contributed by atoms with Gasteiger partial charge in [0.25, 0.3) is 0 Å². The minimum absolute atomic E-state index is 0.0176. The van der Waals surface area contributed by atoms with Crippen LogP contribution < -0.4 is 19.5 Å². The molecule has 0 aliphatic heterocycles. The monoisotopic (exact) mass is 446 g/mol. The van der Waals surface area contributed by atoms with Crippen LogP contribution in [-0.4, -0.2) is 46.7 Å². The molecule has 3 aromatic rings. The number of hydrogen-bond donors (Lipinski definition) is 1. The van der Waals surface area contributed by atoms with E-state index in [-0.39, 0.29) is 20.4 Å². The van der Waals surface area contributed by atoms with E-state index in [1.807, 2.05) is 24.3 Å². The average molecular weight is 445 g/mol. The quantitative estimate of drug-likeness (QED) is 0.563. The van der Waals surface area contributed by atoms with Crippen LogP contribution in [0.1, 0.15) is 21.7 Å². The van der Waals surface area contributed by atoms with Gasteiger partial charge in [0, 0.05) is 0 Å². The van der Waals surface area contributed by atoms with Crippen molar-refractivity contribution in [2.75, 3.05) is 26.6 Å². The van der Waals surface area contributed by atoms with Crippen molar-refractivity contribution in [2.45, 2.75) is 13.3 Å². The summed E-state index contributed by atoms with van der Waals surface area (Å²) in [6.07, 6.45) is 0.889. The fraction of sp³-hybridized carbons (Fsp3) is 0.238. The van der Waals surface area contributed by atoms with Crippen molar-refractivity contribution in [3.05, 3.63) is 52.5 Å². The van der Waals surface area contributed by atoms with Gasteiger partial charge in [-0.05, 0) is 0 Å². The Morgan fingerprint density at radius 3 is 2.32 bits per heavy atom. The van der Waals surface area contributed by atoms with Crippen LogP contribution in [0.25, 0.3) is 11.3 Å². The van der Waals surface area contributed by atoms with Crippen LogP contribution in [0.15, 0.2) is 42.5 Å². The summed E-state index contributed by atoms with van der Waals surface area (Å²) in [5.74, 6) is 1.68. The first-order valence-electron chi connectivity index (χ1n) is 8.77. The molecule has 0 aliphatic carbocycles. The number of nitrogens with zero attached hydrogens (tertiary/aromatic N) is 1. The van der Waals surface area contributed by atoms with Gasteiger partial charge in [0.1, 0.15) is 0 Å². The average Bonchev–Trinajstić information content (AvgIpc) is 3.15. The van der Waals surface area contributed by atoms with Gasteiger partial charge in [-0.2, -0.15) is 0 Å². The SMILES string of the molecule is CCc1[se]c(NC(=O)c2ccc(OC)c(OC)c2)nc1-c1ccc(OC)cc1. The number of ether oxygens (including phenoxy) is 3. The molecule has 0 unspecified atom stereocenters. The summed E-state index contributed by atoms with van der Waals surface area (Å²) in [5, 5.41) is 2.95. The summed E-state index contributed by atoms with van der Waals surface area (Å²) in [7, 11) is 4.75. The second kappa shape index (κ2) is 8.95. The van der Waals surface area contributed by atoms with Crippen molar-refractivity contribution in [3.63, 3.8) is 0 Å². The zero-order valence-corrected chi connectivity index (χ0v) is 18.0. The molecule has 2 aromatic carbocycles. The third-order valence-corrected chi connectivity index (χ3v) is 6.59. The number of anilines is 1. The van der Waals surface area contributed by atoms with E-state index in [0.29, 0.717) is 21.8 Å². The molecule has 1 aromatic heterocycles. The van der Waals surface area contributed by atoms with E-state index in [1.54, 1.807) is 39.5 Å². The van der Waals surface area contributed by atoms with E-state index in [0.717, 1.165) is 23.4 Å². The Balaban J connectivity index is 1.84.